The Bertz CT molecular complexity index is 1020. The summed E-state index contributed by atoms with van der Waals surface area (Å²) in [6, 6.07) is 1.15. The number of phenolic OH excluding ortho intramolecular Hbond substituents is 2. The van der Waals surface area contributed by atoms with Gasteiger partial charge in [-0.05, 0) is 40.0 Å². The van der Waals surface area contributed by atoms with Gasteiger partial charge in [0.2, 0.25) is 0 Å². The Morgan fingerprint density at radius 3 is 2.16 bits per heavy atom. The van der Waals surface area contributed by atoms with E-state index in [1.807, 2.05) is 20.8 Å². The second-order valence-electron chi connectivity index (χ2n) is 10.2. The van der Waals surface area contributed by atoms with Gasteiger partial charge in [-0.2, -0.15) is 0 Å². The van der Waals surface area contributed by atoms with E-state index < -0.39 is 16.7 Å². The van der Waals surface area contributed by atoms with E-state index in [4.69, 9.17) is 4.74 Å². The Balaban J connectivity index is 2.41. The molecule has 0 fully saturated rings. The normalized spacial score (nSPS) is 22.7. The first kappa shape index (κ1) is 23.0. The summed E-state index contributed by atoms with van der Waals surface area (Å²) in [5, 5.41) is 21.4. The van der Waals surface area contributed by atoms with Gasteiger partial charge in [-0.1, -0.05) is 27.7 Å². The Kier molecular flexibility index (Phi) is 5.36. The van der Waals surface area contributed by atoms with Gasteiger partial charge >= 0.3 is 0 Å². The van der Waals surface area contributed by atoms with Crippen molar-refractivity contribution in [2.45, 2.75) is 67.7 Å². The minimum absolute atomic E-state index is 0.0140. The smallest absolute Gasteiger partial charge is 0.175 e. The number of carbonyl (C=O) groups excluding carboxylic acids is 3. The molecule has 1 aromatic rings. The van der Waals surface area contributed by atoms with Crippen LogP contribution in [-0.4, -0.2) is 27.6 Å². The highest BCUT2D eigenvalue weighted by Gasteiger charge is 2.58. The molecule has 1 aliphatic carbocycles. The number of benzene rings is 1. The van der Waals surface area contributed by atoms with Crippen LogP contribution in [0.3, 0.4) is 0 Å². The summed E-state index contributed by atoms with van der Waals surface area (Å²) in [4.78, 5) is 39.9. The SMILES string of the molecule is CCC(C)C(=O)c1c(O)cc(O)c2c1OC1=C(C(=O)C(C)(C)C(=O)C1(C)C)C2C(C)C. The fourth-order valence-electron chi connectivity index (χ4n) is 4.87. The number of ketones is 3. The third kappa shape index (κ3) is 3.10. The minimum Gasteiger partial charge on any atom is -0.507 e. The molecule has 2 unspecified atom stereocenters. The third-order valence-corrected chi connectivity index (χ3v) is 6.84. The van der Waals surface area contributed by atoms with Crippen molar-refractivity contribution in [2.75, 3.05) is 0 Å². The number of hydrogen-bond donors (Lipinski definition) is 2. The molecule has 0 radical (unpaired) electrons. The van der Waals surface area contributed by atoms with Crippen molar-refractivity contribution in [1.29, 1.82) is 0 Å². The van der Waals surface area contributed by atoms with Crippen LogP contribution >= 0.6 is 0 Å². The number of aromatic hydroxyl groups is 2. The molecule has 0 amide bonds. The molecule has 0 spiro atoms. The molecule has 2 atom stereocenters. The summed E-state index contributed by atoms with van der Waals surface area (Å²) in [5.41, 5.74) is -1.69. The van der Waals surface area contributed by atoms with Crippen LogP contribution in [0.2, 0.25) is 0 Å². The monoisotopic (exact) mass is 428 g/mol. The maximum absolute atomic E-state index is 13.5. The van der Waals surface area contributed by atoms with E-state index in [-0.39, 0.29) is 57.8 Å². The zero-order valence-electron chi connectivity index (χ0n) is 19.5. The maximum Gasteiger partial charge on any atom is 0.175 e. The average Bonchev–Trinajstić information content (AvgIpc) is 2.69. The Morgan fingerprint density at radius 1 is 1.06 bits per heavy atom. The van der Waals surface area contributed by atoms with E-state index in [0.717, 1.165) is 6.07 Å². The maximum atomic E-state index is 13.5. The molecule has 6 heteroatoms. The molecule has 3 rings (SSSR count). The van der Waals surface area contributed by atoms with E-state index in [2.05, 4.69) is 0 Å². The lowest BCUT2D eigenvalue weighted by Crippen LogP contribution is -2.52. The van der Waals surface area contributed by atoms with Gasteiger partial charge in [0.05, 0.1) is 10.8 Å². The van der Waals surface area contributed by atoms with Crippen LogP contribution < -0.4 is 4.74 Å². The van der Waals surface area contributed by atoms with Crippen molar-refractivity contribution >= 4 is 17.3 Å². The zero-order chi connectivity index (χ0) is 23.6. The summed E-state index contributed by atoms with van der Waals surface area (Å²) in [6.07, 6.45) is 0.562. The molecule has 31 heavy (non-hydrogen) atoms. The number of allylic oxidation sites excluding steroid dienone is 2. The highest BCUT2D eigenvalue weighted by molar-refractivity contribution is 6.20. The van der Waals surface area contributed by atoms with Gasteiger partial charge in [-0.25, -0.2) is 0 Å². The van der Waals surface area contributed by atoms with Gasteiger partial charge in [-0.15, -0.1) is 0 Å². The van der Waals surface area contributed by atoms with Crippen molar-refractivity contribution < 1.29 is 29.3 Å². The summed E-state index contributed by atoms with van der Waals surface area (Å²) in [5.74, 6) is -2.37. The molecule has 0 aromatic heterocycles. The van der Waals surface area contributed by atoms with Crippen molar-refractivity contribution in [2.24, 2.45) is 22.7 Å². The largest absolute Gasteiger partial charge is 0.507 e. The van der Waals surface area contributed by atoms with Crippen LogP contribution in [0.25, 0.3) is 0 Å². The van der Waals surface area contributed by atoms with E-state index in [0.29, 0.717) is 17.6 Å². The summed E-state index contributed by atoms with van der Waals surface area (Å²) in [6.45, 7) is 14.1. The summed E-state index contributed by atoms with van der Waals surface area (Å²) in [7, 11) is 0. The van der Waals surface area contributed by atoms with Crippen LogP contribution in [0.5, 0.6) is 17.2 Å². The van der Waals surface area contributed by atoms with Crippen LogP contribution in [0.15, 0.2) is 17.4 Å². The Hall–Kier alpha value is -2.63. The van der Waals surface area contributed by atoms with Crippen LogP contribution in [0, 0.1) is 22.7 Å². The molecule has 2 N–H and O–H groups in total. The lowest BCUT2D eigenvalue weighted by Gasteiger charge is -2.45. The molecule has 0 saturated heterocycles. The standard InChI is InChI=1S/C25H32O6/c1-9-12(4)19(28)17-14(27)10-13(26)16-15(11(2)3)18-21(29)24(5,6)23(30)25(7,8)22(18)31-20(16)17/h10-12,15,26-27H,9H2,1-8H3. The summed E-state index contributed by atoms with van der Waals surface area (Å²) < 4.78 is 6.17. The first-order valence-corrected chi connectivity index (χ1v) is 10.8. The molecular weight excluding hydrogens is 396 g/mol. The average molecular weight is 429 g/mol. The van der Waals surface area contributed by atoms with Crippen molar-refractivity contribution in [3.05, 3.63) is 28.5 Å². The molecule has 0 saturated carbocycles. The number of Topliss-reactive ketones (excluding diaryl/α,β-unsaturated/α-hetero) is 3. The second-order valence-corrected chi connectivity index (χ2v) is 10.2. The van der Waals surface area contributed by atoms with Crippen LogP contribution in [0.1, 0.15) is 83.7 Å². The van der Waals surface area contributed by atoms with Crippen molar-refractivity contribution in [3.63, 3.8) is 0 Å². The van der Waals surface area contributed by atoms with Crippen LogP contribution in [-0.2, 0) is 9.59 Å². The minimum atomic E-state index is -1.24. The van der Waals surface area contributed by atoms with E-state index in [1.165, 1.54) is 0 Å². The Labute approximate surface area is 183 Å². The van der Waals surface area contributed by atoms with Gasteiger partial charge in [0.1, 0.15) is 28.6 Å². The number of hydrogen-bond acceptors (Lipinski definition) is 6. The summed E-state index contributed by atoms with van der Waals surface area (Å²) >= 11 is 0. The molecule has 1 aliphatic heterocycles. The van der Waals surface area contributed by atoms with Gasteiger partial charge in [0.25, 0.3) is 0 Å². The molecule has 6 nitrogen and oxygen atoms in total. The number of carbonyl (C=O) groups is 3. The van der Waals surface area contributed by atoms with Crippen molar-refractivity contribution in [1.82, 2.24) is 0 Å². The first-order valence-electron chi connectivity index (χ1n) is 10.8. The second kappa shape index (κ2) is 7.21. The van der Waals surface area contributed by atoms with E-state index >= 15 is 0 Å². The van der Waals surface area contributed by atoms with E-state index in [1.54, 1.807) is 34.6 Å². The molecule has 1 heterocycles. The van der Waals surface area contributed by atoms with Gasteiger partial charge in [-0.3, -0.25) is 14.4 Å². The molecule has 168 valence electrons. The number of rotatable bonds is 4. The topological polar surface area (TPSA) is 101 Å². The third-order valence-electron chi connectivity index (χ3n) is 6.84. The van der Waals surface area contributed by atoms with Gasteiger partial charge in [0, 0.05) is 29.0 Å². The number of fused-ring (bicyclic) bond motifs is 1. The lowest BCUT2D eigenvalue weighted by molar-refractivity contribution is -0.144. The number of phenols is 2. The van der Waals surface area contributed by atoms with E-state index in [9.17, 15) is 24.6 Å². The predicted octanol–water partition coefficient (Wildman–Crippen LogP) is 4.92. The van der Waals surface area contributed by atoms with Gasteiger partial charge < -0.3 is 14.9 Å². The lowest BCUT2D eigenvalue weighted by atomic mass is 9.59. The zero-order valence-corrected chi connectivity index (χ0v) is 19.5. The molecular formula is C25H32O6. The Morgan fingerprint density at radius 2 is 1.65 bits per heavy atom. The highest BCUT2D eigenvalue weighted by atomic mass is 16.5. The number of ether oxygens (including phenoxy) is 1. The van der Waals surface area contributed by atoms with Gasteiger partial charge in [0.15, 0.2) is 17.3 Å². The van der Waals surface area contributed by atoms with Crippen molar-refractivity contribution in [3.8, 4) is 17.2 Å². The first-order chi connectivity index (χ1) is 14.2. The predicted molar refractivity (Wildman–Crippen MR) is 116 cm³/mol. The fraction of sp³-hybridized carbons (Fsp3) is 0.560. The molecule has 2 aliphatic rings. The fourth-order valence-corrected chi connectivity index (χ4v) is 4.87. The molecule has 0 bridgehead atoms. The molecule has 1 aromatic carbocycles. The highest BCUT2D eigenvalue weighted by Crippen LogP contribution is 2.58. The quantitative estimate of drug-likeness (QED) is 0.522. The van der Waals surface area contributed by atoms with Crippen LogP contribution in [0.4, 0.5) is 0 Å².